The van der Waals surface area contributed by atoms with E-state index in [1.165, 1.54) is 0 Å². The van der Waals surface area contributed by atoms with Crippen LogP contribution in [-0.2, 0) is 6.54 Å². The van der Waals surface area contributed by atoms with E-state index >= 15 is 0 Å². The molecule has 0 atom stereocenters. The van der Waals surface area contributed by atoms with Crippen LogP contribution >= 0.6 is 15.9 Å². The minimum atomic E-state index is -0.344. The standard InChI is InChI=1S/C16H12BrNO2/c17-14-8-4-7-13(9-14)15-11-18(16(19)20-15)10-12-5-2-1-3-6-12/h1-9,11H,10H2. The number of halogens is 1. The van der Waals surface area contributed by atoms with Crippen molar-refractivity contribution >= 4 is 15.9 Å². The van der Waals surface area contributed by atoms with E-state index in [0.29, 0.717) is 12.3 Å². The molecule has 3 aromatic rings. The van der Waals surface area contributed by atoms with E-state index in [-0.39, 0.29) is 5.76 Å². The lowest BCUT2D eigenvalue weighted by molar-refractivity contribution is 0.497. The second kappa shape index (κ2) is 5.51. The van der Waals surface area contributed by atoms with E-state index in [9.17, 15) is 4.79 Å². The second-order valence-electron chi connectivity index (χ2n) is 4.49. The quantitative estimate of drug-likeness (QED) is 0.730. The van der Waals surface area contributed by atoms with Crippen LogP contribution in [0.15, 0.2) is 74.5 Å². The summed E-state index contributed by atoms with van der Waals surface area (Å²) in [5.41, 5.74) is 1.94. The van der Waals surface area contributed by atoms with Crippen LogP contribution in [0.1, 0.15) is 5.56 Å². The molecular weight excluding hydrogens is 318 g/mol. The normalized spacial score (nSPS) is 10.7. The zero-order valence-electron chi connectivity index (χ0n) is 10.6. The van der Waals surface area contributed by atoms with E-state index in [0.717, 1.165) is 15.6 Å². The summed E-state index contributed by atoms with van der Waals surface area (Å²) in [5.74, 6) is 0.232. The second-order valence-corrected chi connectivity index (χ2v) is 5.40. The Bertz CT molecular complexity index is 774. The Balaban J connectivity index is 1.94. The maximum absolute atomic E-state index is 11.9. The molecule has 0 aliphatic carbocycles. The smallest absolute Gasteiger partial charge is 0.408 e. The van der Waals surface area contributed by atoms with Gasteiger partial charge in [-0.15, -0.1) is 0 Å². The van der Waals surface area contributed by atoms with E-state index in [4.69, 9.17) is 4.42 Å². The molecule has 0 spiro atoms. The number of hydrogen-bond acceptors (Lipinski definition) is 2. The van der Waals surface area contributed by atoms with Crippen molar-refractivity contribution in [1.29, 1.82) is 0 Å². The Morgan fingerprint density at radius 2 is 1.85 bits per heavy atom. The Morgan fingerprint density at radius 1 is 1.05 bits per heavy atom. The fourth-order valence-electron chi connectivity index (χ4n) is 2.04. The van der Waals surface area contributed by atoms with Gasteiger partial charge in [-0.1, -0.05) is 58.4 Å². The van der Waals surface area contributed by atoms with Gasteiger partial charge in [-0.05, 0) is 17.7 Å². The maximum Gasteiger partial charge on any atom is 0.419 e. The Kier molecular flexibility index (Phi) is 3.56. The highest BCUT2D eigenvalue weighted by Crippen LogP contribution is 2.22. The Hall–Kier alpha value is -2.07. The summed E-state index contributed by atoms with van der Waals surface area (Å²) in [6, 6.07) is 17.5. The van der Waals surface area contributed by atoms with Gasteiger partial charge in [0.05, 0.1) is 12.7 Å². The van der Waals surface area contributed by atoms with Gasteiger partial charge in [-0.2, -0.15) is 0 Å². The molecule has 1 heterocycles. The number of nitrogens with zero attached hydrogens (tertiary/aromatic N) is 1. The fourth-order valence-corrected chi connectivity index (χ4v) is 2.44. The lowest BCUT2D eigenvalue weighted by Gasteiger charge is -1.99. The van der Waals surface area contributed by atoms with Crippen molar-refractivity contribution in [3.8, 4) is 11.3 Å². The van der Waals surface area contributed by atoms with Crippen molar-refractivity contribution in [1.82, 2.24) is 4.57 Å². The molecular formula is C16H12BrNO2. The zero-order chi connectivity index (χ0) is 13.9. The van der Waals surface area contributed by atoms with Crippen molar-refractivity contribution < 1.29 is 4.42 Å². The van der Waals surface area contributed by atoms with Crippen molar-refractivity contribution in [2.24, 2.45) is 0 Å². The van der Waals surface area contributed by atoms with Crippen molar-refractivity contribution in [3.05, 3.63) is 81.4 Å². The van der Waals surface area contributed by atoms with Gasteiger partial charge < -0.3 is 4.42 Å². The van der Waals surface area contributed by atoms with Crippen LogP contribution in [0.4, 0.5) is 0 Å². The number of benzene rings is 2. The topological polar surface area (TPSA) is 35.1 Å². The maximum atomic E-state index is 11.9. The fraction of sp³-hybridized carbons (Fsp3) is 0.0625. The summed E-state index contributed by atoms with van der Waals surface area (Å²) in [6.45, 7) is 0.511. The summed E-state index contributed by atoms with van der Waals surface area (Å²) in [7, 11) is 0. The minimum Gasteiger partial charge on any atom is -0.408 e. The van der Waals surface area contributed by atoms with Gasteiger partial charge in [0.2, 0.25) is 0 Å². The van der Waals surface area contributed by atoms with Crippen molar-refractivity contribution in [2.75, 3.05) is 0 Å². The molecule has 0 radical (unpaired) electrons. The first-order valence-corrected chi connectivity index (χ1v) is 7.02. The molecule has 0 fully saturated rings. The summed E-state index contributed by atoms with van der Waals surface area (Å²) in [6.07, 6.45) is 1.75. The first kappa shape index (κ1) is 12.9. The highest BCUT2D eigenvalue weighted by atomic mass is 79.9. The number of oxazole rings is 1. The summed E-state index contributed by atoms with van der Waals surface area (Å²) in [4.78, 5) is 11.9. The number of aromatic nitrogens is 1. The van der Waals surface area contributed by atoms with Crippen LogP contribution in [0, 0.1) is 0 Å². The average Bonchev–Trinajstić information content (AvgIpc) is 2.81. The molecule has 100 valence electrons. The van der Waals surface area contributed by atoms with E-state index in [2.05, 4.69) is 15.9 Å². The molecule has 4 heteroatoms. The van der Waals surface area contributed by atoms with Gasteiger partial charge in [0.25, 0.3) is 0 Å². The van der Waals surface area contributed by atoms with Crippen LogP contribution in [-0.4, -0.2) is 4.57 Å². The third-order valence-electron chi connectivity index (χ3n) is 3.01. The first-order valence-electron chi connectivity index (χ1n) is 6.22. The lowest BCUT2D eigenvalue weighted by Crippen LogP contribution is -2.13. The monoisotopic (exact) mass is 329 g/mol. The molecule has 0 amide bonds. The molecule has 1 aromatic heterocycles. The largest absolute Gasteiger partial charge is 0.419 e. The molecule has 0 bridgehead atoms. The van der Waals surface area contributed by atoms with Crippen LogP contribution in [0.5, 0.6) is 0 Å². The van der Waals surface area contributed by atoms with Gasteiger partial charge in [0, 0.05) is 10.0 Å². The third-order valence-corrected chi connectivity index (χ3v) is 3.50. The molecule has 20 heavy (non-hydrogen) atoms. The number of rotatable bonds is 3. The zero-order valence-corrected chi connectivity index (χ0v) is 12.2. The van der Waals surface area contributed by atoms with E-state index in [1.807, 2.05) is 54.6 Å². The molecule has 0 aliphatic rings. The SMILES string of the molecule is O=c1oc(-c2cccc(Br)c2)cn1Cc1ccccc1. The molecule has 2 aromatic carbocycles. The molecule has 0 N–H and O–H groups in total. The minimum absolute atomic E-state index is 0.344. The molecule has 3 rings (SSSR count). The van der Waals surface area contributed by atoms with Crippen molar-refractivity contribution in [2.45, 2.75) is 6.54 Å². The summed E-state index contributed by atoms with van der Waals surface area (Å²) in [5, 5.41) is 0. The van der Waals surface area contributed by atoms with Crippen LogP contribution < -0.4 is 5.76 Å². The van der Waals surface area contributed by atoms with E-state index < -0.39 is 0 Å². The third kappa shape index (κ3) is 2.75. The van der Waals surface area contributed by atoms with Crippen molar-refractivity contribution in [3.63, 3.8) is 0 Å². The van der Waals surface area contributed by atoms with Crippen LogP contribution in [0.25, 0.3) is 11.3 Å². The van der Waals surface area contributed by atoms with Crippen LogP contribution in [0.2, 0.25) is 0 Å². The number of hydrogen-bond donors (Lipinski definition) is 0. The first-order chi connectivity index (χ1) is 9.72. The van der Waals surface area contributed by atoms with Crippen LogP contribution in [0.3, 0.4) is 0 Å². The Labute approximate surface area is 124 Å². The van der Waals surface area contributed by atoms with Gasteiger partial charge in [-0.3, -0.25) is 4.57 Å². The molecule has 3 nitrogen and oxygen atoms in total. The molecule has 0 saturated heterocycles. The highest BCUT2D eigenvalue weighted by molar-refractivity contribution is 9.10. The van der Waals surface area contributed by atoms with Gasteiger partial charge >= 0.3 is 5.76 Å². The van der Waals surface area contributed by atoms with Gasteiger partial charge in [0.15, 0.2) is 5.76 Å². The Morgan fingerprint density at radius 3 is 2.60 bits per heavy atom. The average molecular weight is 330 g/mol. The predicted octanol–water partition coefficient (Wildman–Crippen LogP) is 3.92. The van der Waals surface area contributed by atoms with Gasteiger partial charge in [-0.25, -0.2) is 4.79 Å². The molecule has 0 unspecified atom stereocenters. The molecule has 0 saturated carbocycles. The van der Waals surface area contributed by atoms with E-state index in [1.54, 1.807) is 10.8 Å². The molecule has 0 aliphatic heterocycles. The summed E-state index contributed by atoms with van der Waals surface area (Å²) < 4.78 is 7.84. The lowest BCUT2D eigenvalue weighted by atomic mass is 10.2. The highest BCUT2D eigenvalue weighted by Gasteiger charge is 2.08. The van der Waals surface area contributed by atoms with Gasteiger partial charge in [0.1, 0.15) is 0 Å². The summed E-state index contributed by atoms with van der Waals surface area (Å²) >= 11 is 3.41. The predicted molar refractivity (Wildman–Crippen MR) is 81.6 cm³/mol.